The highest BCUT2D eigenvalue weighted by molar-refractivity contribution is 5.26. The molecule has 3 aliphatic rings. The first-order chi connectivity index (χ1) is 10.4. The average Bonchev–Trinajstić information content (AvgIpc) is 2.91. The molecule has 2 heterocycles. The van der Waals surface area contributed by atoms with E-state index in [2.05, 4.69) is 39.2 Å². The fraction of sp³-hybridized carbons (Fsp3) is 0.895. The maximum atomic E-state index is 11.2. The lowest BCUT2D eigenvalue weighted by Gasteiger charge is -2.44. The second kappa shape index (κ2) is 5.83. The van der Waals surface area contributed by atoms with E-state index in [0.717, 1.165) is 13.0 Å². The van der Waals surface area contributed by atoms with Crippen LogP contribution in [0.2, 0.25) is 0 Å². The van der Waals surface area contributed by atoms with Gasteiger partial charge in [0.05, 0.1) is 5.60 Å². The van der Waals surface area contributed by atoms with Gasteiger partial charge >= 0.3 is 0 Å². The van der Waals surface area contributed by atoms with Crippen LogP contribution in [0.15, 0.2) is 11.8 Å². The highest BCUT2D eigenvalue weighted by Gasteiger charge is 2.66. The van der Waals surface area contributed by atoms with Crippen molar-refractivity contribution in [2.45, 2.75) is 77.6 Å². The molecule has 0 aromatic rings. The maximum Gasteiger partial charge on any atom is 0.173 e. The third-order valence-corrected chi connectivity index (χ3v) is 6.47. The van der Waals surface area contributed by atoms with Gasteiger partial charge < -0.3 is 15.2 Å². The molecule has 0 amide bonds. The van der Waals surface area contributed by atoms with E-state index in [1.54, 1.807) is 0 Å². The first-order valence-corrected chi connectivity index (χ1v) is 9.28. The third-order valence-electron chi connectivity index (χ3n) is 6.47. The Balaban J connectivity index is 1.87. The van der Waals surface area contributed by atoms with E-state index in [1.807, 2.05) is 0 Å². The molecule has 3 fully saturated rings. The zero-order chi connectivity index (χ0) is 16.0. The van der Waals surface area contributed by atoms with Gasteiger partial charge in [-0.25, -0.2) is 0 Å². The molecule has 3 heteroatoms. The lowest BCUT2D eigenvalue weighted by atomic mass is 9.77. The molecule has 2 saturated heterocycles. The van der Waals surface area contributed by atoms with Crippen LogP contribution < -0.4 is 5.32 Å². The Bertz CT molecular complexity index is 447. The number of ether oxygens (including phenoxy) is 1. The fourth-order valence-corrected chi connectivity index (χ4v) is 5.19. The average molecular weight is 307 g/mol. The molecule has 5 unspecified atom stereocenters. The van der Waals surface area contributed by atoms with E-state index in [1.165, 1.54) is 31.3 Å². The molecule has 0 aromatic carbocycles. The molecule has 0 radical (unpaired) electrons. The summed E-state index contributed by atoms with van der Waals surface area (Å²) in [6.07, 6.45) is 8.77. The van der Waals surface area contributed by atoms with Gasteiger partial charge in [0, 0.05) is 24.8 Å². The summed E-state index contributed by atoms with van der Waals surface area (Å²) >= 11 is 0. The summed E-state index contributed by atoms with van der Waals surface area (Å²) in [4.78, 5) is 0. The van der Waals surface area contributed by atoms with E-state index < -0.39 is 5.79 Å². The van der Waals surface area contributed by atoms with E-state index >= 15 is 0 Å². The van der Waals surface area contributed by atoms with Crippen molar-refractivity contribution in [1.29, 1.82) is 0 Å². The van der Waals surface area contributed by atoms with Crippen molar-refractivity contribution in [3.63, 3.8) is 0 Å². The summed E-state index contributed by atoms with van der Waals surface area (Å²) in [7, 11) is 0. The molecular formula is C19H33NO2. The summed E-state index contributed by atoms with van der Waals surface area (Å²) in [6.45, 7) is 10.0. The summed E-state index contributed by atoms with van der Waals surface area (Å²) in [5.74, 6) is 0.830. The van der Waals surface area contributed by atoms with Gasteiger partial charge in [-0.3, -0.25) is 0 Å². The molecule has 0 aromatic heterocycles. The molecule has 1 aliphatic carbocycles. The summed E-state index contributed by atoms with van der Waals surface area (Å²) in [5, 5.41) is 14.7. The second-order valence-electron chi connectivity index (χ2n) is 8.19. The van der Waals surface area contributed by atoms with Crippen molar-refractivity contribution in [3.8, 4) is 0 Å². The molecule has 1 saturated carbocycles. The first kappa shape index (κ1) is 16.3. The Morgan fingerprint density at radius 2 is 2.18 bits per heavy atom. The van der Waals surface area contributed by atoms with Crippen LogP contribution in [-0.2, 0) is 4.74 Å². The number of hydrogen-bond donors (Lipinski definition) is 2. The SMILES string of the molecule is CCCCN/C=C1\CC2(O)OC3(CC2C(C)C)C(C)CCC13. The van der Waals surface area contributed by atoms with Gasteiger partial charge in [-0.05, 0) is 49.3 Å². The molecule has 3 rings (SSSR count). The highest BCUT2D eigenvalue weighted by atomic mass is 16.6. The summed E-state index contributed by atoms with van der Waals surface area (Å²) in [5.41, 5.74) is 1.29. The van der Waals surface area contributed by atoms with Crippen LogP contribution in [-0.4, -0.2) is 23.0 Å². The molecule has 2 N–H and O–H groups in total. The lowest BCUT2D eigenvalue weighted by Crippen LogP contribution is -2.49. The molecule has 1 spiro atoms. The van der Waals surface area contributed by atoms with E-state index in [9.17, 15) is 5.11 Å². The molecule has 2 aliphatic heterocycles. The maximum absolute atomic E-state index is 11.2. The molecule has 3 nitrogen and oxygen atoms in total. The Hall–Kier alpha value is -0.540. The number of fused-ring (bicyclic) bond motifs is 1. The van der Waals surface area contributed by atoms with Crippen molar-refractivity contribution in [2.75, 3.05) is 6.54 Å². The standard InChI is InChI=1S/C19H33NO2/c1-5-6-9-20-12-15-10-19(21)17(13(2)3)11-18(22-19)14(4)7-8-16(15)18/h12-14,16-17,20-21H,5-11H2,1-4H3/b15-12+. The van der Waals surface area contributed by atoms with Crippen LogP contribution in [0.4, 0.5) is 0 Å². The minimum absolute atomic E-state index is 0.111. The Labute approximate surface area is 135 Å². The summed E-state index contributed by atoms with van der Waals surface area (Å²) < 4.78 is 6.43. The number of nitrogens with one attached hydrogen (secondary N) is 1. The van der Waals surface area contributed by atoms with E-state index in [0.29, 0.717) is 24.2 Å². The van der Waals surface area contributed by atoms with Crippen molar-refractivity contribution in [2.24, 2.45) is 23.7 Å². The molecule has 5 atom stereocenters. The van der Waals surface area contributed by atoms with Crippen molar-refractivity contribution in [1.82, 2.24) is 5.32 Å². The van der Waals surface area contributed by atoms with Crippen LogP contribution >= 0.6 is 0 Å². The van der Waals surface area contributed by atoms with Crippen molar-refractivity contribution >= 4 is 0 Å². The van der Waals surface area contributed by atoms with Gasteiger partial charge in [0.15, 0.2) is 5.79 Å². The third kappa shape index (κ3) is 2.41. The van der Waals surface area contributed by atoms with Crippen LogP contribution in [0.5, 0.6) is 0 Å². The smallest absolute Gasteiger partial charge is 0.173 e. The number of aliphatic hydroxyl groups is 1. The number of rotatable bonds is 5. The molecule has 2 bridgehead atoms. The zero-order valence-corrected chi connectivity index (χ0v) is 14.7. The monoisotopic (exact) mass is 307 g/mol. The molecule has 22 heavy (non-hydrogen) atoms. The quantitative estimate of drug-likeness (QED) is 0.759. The Morgan fingerprint density at radius 3 is 2.86 bits per heavy atom. The Morgan fingerprint density at radius 1 is 1.41 bits per heavy atom. The van der Waals surface area contributed by atoms with Crippen LogP contribution in [0.1, 0.15) is 66.2 Å². The topological polar surface area (TPSA) is 41.5 Å². The predicted molar refractivity (Wildman–Crippen MR) is 89.2 cm³/mol. The number of unbranched alkanes of at least 4 members (excludes halogenated alkanes) is 1. The highest BCUT2D eigenvalue weighted by Crippen LogP contribution is 2.63. The zero-order valence-electron chi connectivity index (χ0n) is 14.7. The largest absolute Gasteiger partial charge is 0.391 e. The van der Waals surface area contributed by atoms with Gasteiger partial charge in [-0.1, -0.05) is 34.1 Å². The second-order valence-corrected chi connectivity index (χ2v) is 8.19. The van der Waals surface area contributed by atoms with Crippen molar-refractivity contribution < 1.29 is 9.84 Å². The van der Waals surface area contributed by atoms with Gasteiger partial charge in [0.25, 0.3) is 0 Å². The van der Waals surface area contributed by atoms with Gasteiger partial charge in [0.1, 0.15) is 0 Å². The minimum atomic E-state index is -0.943. The number of hydrogen-bond acceptors (Lipinski definition) is 3. The predicted octanol–water partition coefficient (Wildman–Crippen LogP) is 3.83. The van der Waals surface area contributed by atoms with E-state index in [-0.39, 0.29) is 11.5 Å². The fourth-order valence-electron chi connectivity index (χ4n) is 5.19. The normalized spacial score (nSPS) is 45.5. The van der Waals surface area contributed by atoms with Gasteiger partial charge in [-0.2, -0.15) is 0 Å². The minimum Gasteiger partial charge on any atom is -0.391 e. The van der Waals surface area contributed by atoms with Gasteiger partial charge in [-0.15, -0.1) is 0 Å². The lowest BCUT2D eigenvalue weighted by molar-refractivity contribution is -0.269. The van der Waals surface area contributed by atoms with E-state index in [4.69, 9.17) is 4.74 Å². The summed E-state index contributed by atoms with van der Waals surface area (Å²) in [6, 6.07) is 0. The molecular weight excluding hydrogens is 274 g/mol. The first-order valence-electron chi connectivity index (χ1n) is 9.28. The molecule has 126 valence electrons. The van der Waals surface area contributed by atoms with Crippen molar-refractivity contribution in [3.05, 3.63) is 11.8 Å². The van der Waals surface area contributed by atoms with Crippen LogP contribution in [0.3, 0.4) is 0 Å². The Kier molecular flexibility index (Phi) is 4.32. The van der Waals surface area contributed by atoms with Gasteiger partial charge in [0.2, 0.25) is 0 Å². The van der Waals surface area contributed by atoms with Crippen LogP contribution in [0, 0.1) is 23.7 Å². The van der Waals surface area contributed by atoms with Crippen LogP contribution in [0.25, 0.3) is 0 Å².